The first-order valence-electron chi connectivity index (χ1n) is 7.99. The number of aromatic nitrogens is 5. The number of rotatable bonds is 4. The smallest absolute Gasteiger partial charge is 0.225 e. The van der Waals surface area contributed by atoms with Crippen molar-refractivity contribution in [1.29, 1.82) is 0 Å². The molecule has 0 saturated heterocycles. The molecule has 0 spiro atoms. The van der Waals surface area contributed by atoms with Gasteiger partial charge >= 0.3 is 0 Å². The Morgan fingerprint density at radius 2 is 1.88 bits per heavy atom. The number of nitrogens with zero attached hydrogens (tertiary/aromatic N) is 5. The number of aryl methyl sites for hydroxylation is 1. The second-order valence-electron chi connectivity index (χ2n) is 7.25. The third-order valence-electron chi connectivity index (χ3n) is 4.36. The van der Waals surface area contributed by atoms with Gasteiger partial charge in [0.05, 0.1) is 36.1 Å². The van der Waals surface area contributed by atoms with E-state index in [2.05, 4.69) is 41.6 Å². The molecule has 0 aromatic carbocycles. The van der Waals surface area contributed by atoms with Gasteiger partial charge in [0.2, 0.25) is 5.28 Å². The minimum atomic E-state index is -1.51. The molecule has 3 rings (SSSR count). The summed E-state index contributed by atoms with van der Waals surface area (Å²) in [6, 6.07) is 0. The first-order chi connectivity index (χ1) is 11.6. The van der Waals surface area contributed by atoms with Gasteiger partial charge in [-0.15, -0.1) is 0 Å². The van der Waals surface area contributed by atoms with Gasteiger partial charge in [-0.05, 0) is 25.4 Å². The Kier molecular flexibility index (Phi) is 4.59. The summed E-state index contributed by atoms with van der Waals surface area (Å²) in [4.78, 5) is 15.0. The van der Waals surface area contributed by atoms with Crippen LogP contribution in [0.2, 0.25) is 29.9 Å². The van der Waals surface area contributed by atoms with E-state index in [0.29, 0.717) is 16.4 Å². The maximum absolute atomic E-state index is 6.62. The molecule has 0 aliphatic carbocycles. The van der Waals surface area contributed by atoms with Gasteiger partial charge in [0.15, 0.2) is 5.65 Å². The van der Waals surface area contributed by atoms with Crippen molar-refractivity contribution in [2.75, 3.05) is 0 Å². The van der Waals surface area contributed by atoms with Gasteiger partial charge in [-0.25, -0.2) is 4.98 Å². The van der Waals surface area contributed by atoms with E-state index in [1.165, 1.54) is 0 Å². The Hall–Kier alpha value is -1.57. The van der Waals surface area contributed by atoms with Crippen LogP contribution in [0.3, 0.4) is 0 Å². The van der Waals surface area contributed by atoms with Crippen molar-refractivity contribution >= 4 is 42.3 Å². The van der Waals surface area contributed by atoms with Crippen LogP contribution in [-0.2, 0) is 7.05 Å². The van der Waals surface area contributed by atoms with Crippen molar-refractivity contribution < 1.29 is 4.84 Å². The highest BCUT2D eigenvalue weighted by atomic mass is 35.5. The van der Waals surface area contributed by atoms with Crippen LogP contribution >= 0.6 is 23.2 Å². The average Bonchev–Trinajstić information content (AvgIpc) is 3.03. The van der Waals surface area contributed by atoms with E-state index >= 15 is 0 Å². The van der Waals surface area contributed by atoms with Crippen molar-refractivity contribution in [3.63, 3.8) is 0 Å². The van der Waals surface area contributed by atoms with E-state index in [9.17, 15) is 0 Å². The Bertz CT molecular complexity index is 944. The fraction of sp³-hybridized carbons (Fsp3) is 0.438. The molecule has 0 amide bonds. The lowest BCUT2D eigenvalue weighted by Crippen LogP contribution is -2.43. The summed E-state index contributed by atoms with van der Waals surface area (Å²) in [6.07, 6.45) is 3.60. The van der Waals surface area contributed by atoms with Gasteiger partial charge in [0, 0.05) is 18.8 Å². The highest BCUT2D eigenvalue weighted by Gasteiger charge is 2.28. The van der Waals surface area contributed by atoms with Crippen LogP contribution in [0.1, 0.15) is 12.6 Å². The largest absolute Gasteiger partial charge is 0.413 e. The standard InChI is InChI=1S/C16H21Cl2N5OSi/c1-9-13(17)12-14(11-7-19-22(3)8-11)20-16(18)21-15(12)23(9)24-10(2)25(4,5)6/h7-8,10H,1-6H3. The molecule has 25 heavy (non-hydrogen) atoms. The molecule has 1 atom stereocenters. The van der Waals surface area contributed by atoms with Crippen molar-refractivity contribution in [2.24, 2.45) is 7.05 Å². The molecule has 0 N–H and O–H groups in total. The third kappa shape index (κ3) is 3.28. The minimum absolute atomic E-state index is 0.0773. The molecule has 134 valence electrons. The zero-order chi connectivity index (χ0) is 18.5. The predicted octanol–water partition coefficient (Wildman–Crippen LogP) is 4.14. The molecule has 3 aromatic rings. The maximum Gasteiger partial charge on any atom is 0.225 e. The van der Waals surface area contributed by atoms with Crippen LogP contribution < -0.4 is 4.84 Å². The van der Waals surface area contributed by atoms with Crippen molar-refractivity contribution in [2.45, 2.75) is 39.2 Å². The van der Waals surface area contributed by atoms with Gasteiger partial charge in [0.1, 0.15) is 5.73 Å². The fourth-order valence-corrected chi connectivity index (χ4v) is 3.23. The zero-order valence-corrected chi connectivity index (χ0v) is 17.6. The maximum atomic E-state index is 6.62. The SMILES string of the molecule is Cc1c(Cl)c2c(-c3cnn(C)c3)nc(Cl)nc2n1OC(C)[Si](C)(C)C. The van der Waals surface area contributed by atoms with Gasteiger partial charge < -0.3 is 4.84 Å². The lowest BCUT2D eigenvalue weighted by molar-refractivity contribution is 0.0935. The molecule has 3 aromatic heterocycles. The Balaban J connectivity index is 2.24. The quantitative estimate of drug-likeness (QED) is 0.490. The zero-order valence-electron chi connectivity index (χ0n) is 15.1. The summed E-state index contributed by atoms with van der Waals surface area (Å²) in [5.74, 6) is 0. The third-order valence-corrected chi connectivity index (χ3v) is 7.53. The summed E-state index contributed by atoms with van der Waals surface area (Å²) in [7, 11) is 0.339. The highest BCUT2D eigenvalue weighted by molar-refractivity contribution is 6.77. The van der Waals surface area contributed by atoms with Gasteiger partial charge in [-0.1, -0.05) is 31.2 Å². The number of hydrogen-bond donors (Lipinski definition) is 0. The molecule has 0 fully saturated rings. The van der Waals surface area contributed by atoms with E-state index in [-0.39, 0.29) is 11.0 Å². The molecule has 0 radical (unpaired) electrons. The topological polar surface area (TPSA) is 57.8 Å². The molecular weight excluding hydrogens is 377 g/mol. The normalized spacial score (nSPS) is 13.4. The Labute approximate surface area is 157 Å². The molecule has 6 nitrogen and oxygen atoms in total. The predicted molar refractivity (Wildman–Crippen MR) is 104 cm³/mol. The van der Waals surface area contributed by atoms with Crippen LogP contribution in [0.4, 0.5) is 0 Å². The molecule has 0 aliphatic rings. The highest BCUT2D eigenvalue weighted by Crippen LogP contribution is 2.36. The van der Waals surface area contributed by atoms with Crippen molar-refractivity contribution in [3.05, 3.63) is 28.4 Å². The van der Waals surface area contributed by atoms with Crippen molar-refractivity contribution in [1.82, 2.24) is 24.5 Å². The second kappa shape index (κ2) is 6.30. The van der Waals surface area contributed by atoms with Crippen LogP contribution in [0.15, 0.2) is 12.4 Å². The molecule has 0 bridgehead atoms. The first kappa shape index (κ1) is 18.2. The summed E-state index contributed by atoms with van der Waals surface area (Å²) >= 11 is 12.8. The summed E-state index contributed by atoms with van der Waals surface area (Å²) in [6.45, 7) is 10.7. The van der Waals surface area contributed by atoms with E-state index in [1.54, 1.807) is 15.6 Å². The number of hydrogen-bond acceptors (Lipinski definition) is 4. The van der Waals surface area contributed by atoms with Gasteiger partial charge in [-0.2, -0.15) is 14.8 Å². The lowest BCUT2D eigenvalue weighted by Gasteiger charge is -2.26. The van der Waals surface area contributed by atoms with E-state index in [0.717, 1.165) is 16.6 Å². The monoisotopic (exact) mass is 397 g/mol. The summed E-state index contributed by atoms with van der Waals surface area (Å²) < 4.78 is 3.40. The van der Waals surface area contributed by atoms with Crippen LogP contribution in [0.25, 0.3) is 22.3 Å². The molecule has 1 unspecified atom stereocenters. The van der Waals surface area contributed by atoms with Crippen LogP contribution in [-0.4, -0.2) is 38.3 Å². The van der Waals surface area contributed by atoms with E-state index in [4.69, 9.17) is 28.0 Å². The Morgan fingerprint density at radius 1 is 1.20 bits per heavy atom. The molecular formula is C16H21Cl2N5OSi. The van der Waals surface area contributed by atoms with Crippen LogP contribution in [0.5, 0.6) is 0 Å². The number of halogens is 2. The second-order valence-corrected chi connectivity index (χ2v) is 13.5. The molecule has 0 saturated carbocycles. The van der Waals surface area contributed by atoms with Crippen LogP contribution in [0, 0.1) is 6.92 Å². The first-order valence-corrected chi connectivity index (χ1v) is 12.3. The number of fused-ring (bicyclic) bond motifs is 1. The fourth-order valence-electron chi connectivity index (χ4n) is 2.40. The minimum Gasteiger partial charge on any atom is -0.413 e. The molecule has 9 heteroatoms. The van der Waals surface area contributed by atoms with E-state index < -0.39 is 8.07 Å². The average molecular weight is 398 g/mol. The molecule has 0 aliphatic heterocycles. The van der Waals surface area contributed by atoms with Gasteiger partial charge in [-0.3, -0.25) is 4.68 Å². The van der Waals surface area contributed by atoms with E-state index in [1.807, 2.05) is 20.2 Å². The summed E-state index contributed by atoms with van der Waals surface area (Å²) in [5, 5.41) is 5.64. The van der Waals surface area contributed by atoms with Gasteiger partial charge in [0.25, 0.3) is 0 Å². The lowest BCUT2D eigenvalue weighted by atomic mass is 10.2. The molecule has 3 heterocycles. The summed E-state index contributed by atoms with van der Waals surface area (Å²) in [5.41, 5.74) is 2.91. The Morgan fingerprint density at radius 3 is 2.44 bits per heavy atom. The van der Waals surface area contributed by atoms with Crippen molar-refractivity contribution in [3.8, 4) is 11.3 Å².